The Hall–Kier alpha value is -0.700. The van der Waals surface area contributed by atoms with Gasteiger partial charge in [-0.05, 0) is 10.4 Å². The molecule has 1 heterocycles. The van der Waals surface area contributed by atoms with Crippen LogP contribution < -0.4 is 0 Å². The molecule has 0 saturated carbocycles. The van der Waals surface area contributed by atoms with Crippen molar-refractivity contribution in [2.24, 2.45) is 0 Å². The Morgan fingerprint density at radius 2 is 2.20 bits per heavy atom. The van der Waals surface area contributed by atoms with Crippen molar-refractivity contribution in [2.75, 3.05) is 26.6 Å². The third-order valence-corrected chi connectivity index (χ3v) is 2.61. The van der Waals surface area contributed by atoms with Crippen LogP contribution in [0.1, 0.15) is 0 Å². The maximum atomic E-state index is 8.68. The molecule has 0 radical (unpaired) electrons. The predicted molar refractivity (Wildman–Crippen MR) is 53.4 cm³/mol. The molecule has 7 nitrogen and oxygen atoms in total. The lowest BCUT2D eigenvalue weighted by Crippen LogP contribution is -2.22. The molecule has 86 valence electrons. The molecule has 1 N–H and O–H groups in total. The van der Waals surface area contributed by atoms with Gasteiger partial charge in [-0.25, -0.2) is 4.68 Å². The Kier molecular flexibility index (Phi) is 5.54. The molecule has 0 aromatic carbocycles. The topological polar surface area (TPSA) is 82.3 Å². The van der Waals surface area contributed by atoms with Crippen LogP contribution in [0, 0.1) is 0 Å². The van der Waals surface area contributed by atoms with Gasteiger partial charge in [0.05, 0.1) is 13.2 Å². The smallest absolute Gasteiger partial charge is 0.209 e. The van der Waals surface area contributed by atoms with Crippen LogP contribution in [0.3, 0.4) is 0 Å². The van der Waals surface area contributed by atoms with Gasteiger partial charge in [0.2, 0.25) is 5.16 Å². The number of rotatable bonds is 7. The zero-order chi connectivity index (χ0) is 11.1. The van der Waals surface area contributed by atoms with E-state index in [2.05, 4.69) is 15.5 Å². The molecule has 0 spiro atoms. The highest BCUT2D eigenvalue weighted by Crippen LogP contribution is 2.13. The van der Waals surface area contributed by atoms with Crippen LogP contribution in [-0.2, 0) is 16.0 Å². The highest BCUT2D eigenvalue weighted by Gasteiger charge is 2.12. The second-order valence-corrected chi connectivity index (χ2v) is 3.68. The molecule has 0 unspecified atom stereocenters. The van der Waals surface area contributed by atoms with E-state index in [9.17, 15) is 0 Å². The van der Waals surface area contributed by atoms with Crippen molar-refractivity contribution in [1.29, 1.82) is 0 Å². The molecule has 1 aromatic rings. The minimum Gasteiger partial charge on any atom is -0.396 e. The summed E-state index contributed by atoms with van der Waals surface area (Å²) in [5.41, 5.74) is 0. The number of methoxy groups -OCH3 is 2. The SMILES string of the molecule is COC(Cn1nnnc1SCCO)OC. The molecule has 0 aliphatic heterocycles. The Labute approximate surface area is 91.7 Å². The summed E-state index contributed by atoms with van der Waals surface area (Å²) in [7, 11) is 3.11. The number of nitrogens with zero attached hydrogens (tertiary/aromatic N) is 4. The minimum atomic E-state index is -0.373. The van der Waals surface area contributed by atoms with Crippen molar-refractivity contribution >= 4 is 11.8 Å². The number of hydrogen-bond donors (Lipinski definition) is 1. The number of thioether (sulfide) groups is 1. The largest absolute Gasteiger partial charge is 0.396 e. The van der Waals surface area contributed by atoms with Gasteiger partial charge >= 0.3 is 0 Å². The summed E-state index contributed by atoms with van der Waals surface area (Å²) in [6.45, 7) is 0.517. The lowest BCUT2D eigenvalue weighted by molar-refractivity contribution is -0.113. The number of ether oxygens (including phenoxy) is 2. The van der Waals surface area contributed by atoms with Crippen LogP contribution in [0.5, 0.6) is 0 Å². The monoisotopic (exact) mass is 234 g/mol. The van der Waals surface area contributed by atoms with Crippen molar-refractivity contribution in [3.8, 4) is 0 Å². The molecular weight excluding hydrogens is 220 g/mol. The van der Waals surface area contributed by atoms with Crippen LogP contribution in [0.25, 0.3) is 0 Å². The fraction of sp³-hybridized carbons (Fsp3) is 0.857. The predicted octanol–water partition coefficient (Wildman–Crippen LogP) is -0.624. The summed E-state index contributed by atoms with van der Waals surface area (Å²) in [5, 5.41) is 20.5. The summed E-state index contributed by atoms with van der Waals surface area (Å²) in [5.74, 6) is 0.561. The summed E-state index contributed by atoms with van der Waals surface area (Å²) in [6.07, 6.45) is -0.373. The van der Waals surface area contributed by atoms with Gasteiger partial charge in [-0.15, -0.1) is 5.10 Å². The van der Waals surface area contributed by atoms with Crippen LogP contribution in [0.4, 0.5) is 0 Å². The lowest BCUT2D eigenvalue weighted by Gasteiger charge is -2.13. The van der Waals surface area contributed by atoms with Crippen LogP contribution in [0.2, 0.25) is 0 Å². The third-order valence-electron chi connectivity index (χ3n) is 1.67. The maximum Gasteiger partial charge on any atom is 0.209 e. The number of aliphatic hydroxyl groups is 1. The van der Waals surface area contributed by atoms with Crippen molar-refractivity contribution < 1.29 is 14.6 Å². The second-order valence-electron chi connectivity index (χ2n) is 2.62. The molecular formula is C7H14N4O3S. The first kappa shape index (κ1) is 12.4. The standard InChI is InChI=1S/C7H14N4O3S/c1-13-6(14-2)5-11-7(8-9-10-11)15-4-3-12/h6,12H,3-5H2,1-2H3. The van der Waals surface area contributed by atoms with Crippen molar-refractivity contribution in [3.63, 3.8) is 0 Å². The molecule has 0 bridgehead atoms. The zero-order valence-electron chi connectivity index (χ0n) is 8.66. The van der Waals surface area contributed by atoms with E-state index < -0.39 is 0 Å². The van der Waals surface area contributed by atoms with Crippen LogP contribution >= 0.6 is 11.8 Å². The molecule has 1 aromatic heterocycles. The van der Waals surface area contributed by atoms with E-state index in [0.29, 0.717) is 17.5 Å². The first-order valence-electron chi connectivity index (χ1n) is 4.37. The zero-order valence-corrected chi connectivity index (χ0v) is 9.48. The first-order valence-corrected chi connectivity index (χ1v) is 5.35. The van der Waals surface area contributed by atoms with Gasteiger partial charge < -0.3 is 14.6 Å². The number of aliphatic hydroxyl groups excluding tert-OH is 1. The molecule has 8 heteroatoms. The van der Waals surface area contributed by atoms with Crippen molar-refractivity contribution in [1.82, 2.24) is 20.2 Å². The van der Waals surface area contributed by atoms with Gasteiger partial charge in [0.25, 0.3) is 0 Å². The first-order chi connectivity index (χ1) is 7.31. The Balaban J connectivity index is 2.55. The van der Waals surface area contributed by atoms with Crippen molar-refractivity contribution in [3.05, 3.63) is 0 Å². The van der Waals surface area contributed by atoms with Gasteiger partial charge in [0.15, 0.2) is 6.29 Å². The van der Waals surface area contributed by atoms with E-state index in [0.717, 1.165) is 0 Å². The summed E-state index contributed by atoms with van der Waals surface area (Å²) < 4.78 is 11.7. The molecule has 15 heavy (non-hydrogen) atoms. The fourth-order valence-electron chi connectivity index (χ4n) is 0.938. The number of aromatic nitrogens is 4. The Morgan fingerprint density at radius 1 is 1.47 bits per heavy atom. The van der Waals surface area contributed by atoms with E-state index in [1.165, 1.54) is 11.8 Å². The quantitative estimate of drug-likeness (QED) is 0.497. The maximum absolute atomic E-state index is 8.68. The van der Waals surface area contributed by atoms with Gasteiger partial charge in [-0.3, -0.25) is 0 Å². The fourth-order valence-corrected chi connectivity index (χ4v) is 1.57. The van der Waals surface area contributed by atoms with Gasteiger partial charge in [0.1, 0.15) is 0 Å². The van der Waals surface area contributed by atoms with Crippen LogP contribution in [-0.4, -0.2) is 58.2 Å². The highest BCUT2D eigenvalue weighted by atomic mass is 32.2. The molecule has 0 aliphatic carbocycles. The average Bonchev–Trinajstić information content (AvgIpc) is 2.70. The third kappa shape index (κ3) is 3.74. The van der Waals surface area contributed by atoms with Gasteiger partial charge in [-0.2, -0.15) is 0 Å². The van der Waals surface area contributed by atoms with E-state index in [4.69, 9.17) is 14.6 Å². The molecule has 0 fully saturated rings. The summed E-state index contributed by atoms with van der Waals surface area (Å²) >= 11 is 1.38. The molecule has 0 aliphatic rings. The van der Waals surface area contributed by atoms with Crippen LogP contribution in [0.15, 0.2) is 5.16 Å². The highest BCUT2D eigenvalue weighted by molar-refractivity contribution is 7.99. The average molecular weight is 234 g/mol. The van der Waals surface area contributed by atoms with E-state index in [1.54, 1.807) is 18.9 Å². The minimum absolute atomic E-state index is 0.0928. The summed E-state index contributed by atoms with van der Waals surface area (Å²) in [6, 6.07) is 0. The number of tetrazole rings is 1. The van der Waals surface area contributed by atoms with Gasteiger partial charge in [-0.1, -0.05) is 11.8 Å². The van der Waals surface area contributed by atoms with Gasteiger partial charge in [0, 0.05) is 20.0 Å². The van der Waals surface area contributed by atoms with E-state index in [-0.39, 0.29) is 12.9 Å². The van der Waals surface area contributed by atoms with E-state index >= 15 is 0 Å². The second kappa shape index (κ2) is 6.72. The normalized spacial score (nSPS) is 11.2. The molecule has 0 atom stereocenters. The van der Waals surface area contributed by atoms with E-state index in [1.807, 2.05) is 0 Å². The molecule has 1 rings (SSSR count). The molecule has 0 saturated heterocycles. The number of hydrogen-bond acceptors (Lipinski definition) is 7. The Bertz CT molecular complexity index is 279. The van der Waals surface area contributed by atoms with Crippen molar-refractivity contribution in [2.45, 2.75) is 18.0 Å². The Morgan fingerprint density at radius 3 is 2.80 bits per heavy atom. The molecule has 0 amide bonds. The summed E-state index contributed by atoms with van der Waals surface area (Å²) in [4.78, 5) is 0. The lowest BCUT2D eigenvalue weighted by atomic mass is 10.6.